The van der Waals surface area contributed by atoms with Crippen LogP contribution in [0.2, 0.25) is 0 Å². The fourth-order valence-electron chi connectivity index (χ4n) is 3.07. The van der Waals surface area contributed by atoms with Crippen molar-refractivity contribution < 1.29 is 8.60 Å². The van der Waals surface area contributed by atoms with Crippen molar-refractivity contribution in [3.8, 4) is 6.07 Å². The number of benzene rings is 1. The molecule has 1 aliphatic rings. The molecule has 2 rings (SSSR count). The summed E-state index contributed by atoms with van der Waals surface area (Å²) in [5, 5.41) is 9.06. The molecule has 0 bridgehead atoms. The number of hydrogen-bond donors (Lipinski definition) is 0. The Hall–Kier alpha value is -1.21. The van der Waals surface area contributed by atoms with E-state index in [9.17, 15) is 13.9 Å². The average molecular weight is 307 g/mol. The number of nitrogens with zero attached hydrogens (tertiary/aromatic N) is 1. The van der Waals surface area contributed by atoms with Gasteiger partial charge in [-0.15, -0.1) is 0 Å². The maximum Gasteiger partial charge on any atom is 0.139 e. The summed E-state index contributed by atoms with van der Waals surface area (Å²) in [6.45, 7) is 6.52. The van der Waals surface area contributed by atoms with Gasteiger partial charge in [-0.25, -0.2) is 4.39 Å². The zero-order chi connectivity index (χ0) is 15.6. The van der Waals surface area contributed by atoms with Crippen LogP contribution in [-0.4, -0.2) is 9.46 Å². The van der Waals surface area contributed by atoms with Crippen LogP contribution in [0, 0.1) is 34.4 Å². The monoisotopic (exact) mass is 307 g/mol. The molecule has 4 atom stereocenters. The fraction of sp³-hybridized carbons (Fsp3) is 0.588. The summed E-state index contributed by atoms with van der Waals surface area (Å²) >= 11 is 0. The third-order valence-corrected chi connectivity index (χ3v) is 6.35. The molecule has 4 unspecified atom stereocenters. The normalized spacial score (nSPS) is 27.9. The number of rotatable bonds is 2. The summed E-state index contributed by atoms with van der Waals surface area (Å²) in [5.41, 5.74) is 0.123. The molecule has 0 N–H and O–H groups in total. The zero-order valence-electron chi connectivity index (χ0n) is 12.8. The fourth-order valence-corrected chi connectivity index (χ4v) is 4.77. The van der Waals surface area contributed by atoms with Crippen LogP contribution in [-0.2, 0) is 10.8 Å². The van der Waals surface area contributed by atoms with Crippen molar-refractivity contribution in [3.63, 3.8) is 0 Å². The first kappa shape index (κ1) is 16.2. The summed E-state index contributed by atoms with van der Waals surface area (Å²) in [6, 6.07) is 8.47. The van der Waals surface area contributed by atoms with Crippen LogP contribution >= 0.6 is 0 Å². The van der Waals surface area contributed by atoms with Crippen molar-refractivity contribution in [2.24, 2.45) is 17.3 Å². The molecule has 21 heavy (non-hydrogen) atoms. The smallest absolute Gasteiger partial charge is 0.139 e. The van der Waals surface area contributed by atoms with Gasteiger partial charge in [-0.2, -0.15) is 5.26 Å². The van der Waals surface area contributed by atoms with E-state index in [1.807, 2.05) is 0 Å². The van der Waals surface area contributed by atoms with Crippen molar-refractivity contribution in [3.05, 3.63) is 30.1 Å². The predicted octanol–water partition coefficient (Wildman–Crippen LogP) is 4.29. The minimum atomic E-state index is -1.46. The molecule has 0 radical (unpaired) electrons. The standard InChI is InChI=1S/C17H22FNOS/c1-17(2,3)13-9-8-12(11-19)16(10-13)21(20)15-7-5-4-6-14(15)18/h4-7,12-13,16H,8-10H2,1-3H3. The number of halogens is 1. The molecule has 1 aliphatic carbocycles. The van der Waals surface area contributed by atoms with Gasteiger partial charge in [0.15, 0.2) is 0 Å². The van der Waals surface area contributed by atoms with E-state index in [4.69, 9.17) is 0 Å². The van der Waals surface area contributed by atoms with Crippen molar-refractivity contribution in [2.75, 3.05) is 0 Å². The van der Waals surface area contributed by atoms with Gasteiger partial charge in [0.25, 0.3) is 0 Å². The van der Waals surface area contributed by atoms with Crippen LogP contribution in [0.1, 0.15) is 40.0 Å². The molecule has 1 fully saturated rings. The summed E-state index contributed by atoms with van der Waals surface area (Å²) in [7, 11) is -1.46. The van der Waals surface area contributed by atoms with Gasteiger partial charge in [0.1, 0.15) is 5.82 Å². The van der Waals surface area contributed by atoms with Crippen LogP contribution in [0.15, 0.2) is 29.2 Å². The maximum atomic E-state index is 13.9. The second kappa shape index (κ2) is 6.27. The highest BCUT2D eigenvalue weighted by Crippen LogP contribution is 2.42. The molecule has 2 nitrogen and oxygen atoms in total. The van der Waals surface area contributed by atoms with E-state index >= 15 is 0 Å². The summed E-state index contributed by atoms with van der Waals surface area (Å²) < 4.78 is 26.7. The molecular formula is C17H22FNOS. The van der Waals surface area contributed by atoms with E-state index in [0.29, 0.717) is 5.92 Å². The van der Waals surface area contributed by atoms with Crippen molar-refractivity contribution in [2.45, 2.75) is 50.2 Å². The maximum absolute atomic E-state index is 13.9. The first-order valence-corrected chi connectivity index (χ1v) is 8.60. The minimum absolute atomic E-state index is 0.123. The van der Waals surface area contributed by atoms with E-state index in [0.717, 1.165) is 19.3 Å². The quantitative estimate of drug-likeness (QED) is 0.818. The van der Waals surface area contributed by atoms with Crippen molar-refractivity contribution in [1.29, 1.82) is 5.26 Å². The Morgan fingerprint density at radius 2 is 1.95 bits per heavy atom. The van der Waals surface area contributed by atoms with Crippen LogP contribution in [0.5, 0.6) is 0 Å². The third-order valence-electron chi connectivity index (χ3n) is 4.51. The molecule has 0 amide bonds. The van der Waals surface area contributed by atoms with E-state index in [-0.39, 0.29) is 21.5 Å². The Morgan fingerprint density at radius 3 is 2.52 bits per heavy atom. The van der Waals surface area contributed by atoms with Gasteiger partial charge in [-0.3, -0.25) is 4.21 Å². The van der Waals surface area contributed by atoms with Crippen LogP contribution in [0.3, 0.4) is 0 Å². The van der Waals surface area contributed by atoms with Crippen molar-refractivity contribution >= 4 is 10.8 Å². The molecule has 1 aromatic carbocycles. The molecule has 0 aromatic heterocycles. The Balaban J connectivity index is 2.28. The molecule has 114 valence electrons. The molecule has 1 saturated carbocycles. The third kappa shape index (κ3) is 3.52. The lowest BCUT2D eigenvalue weighted by Crippen LogP contribution is -2.37. The second-order valence-corrected chi connectivity index (χ2v) is 8.52. The second-order valence-electron chi connectivity index (χ2n) is 6.88. The van der Waals surface area contributed by atoms with Gasteiger partial charge >= 0.3 is 0 Å². The lowest BCUT2D eigenvalue weighted by molar-refractivity contribution is 0.167. The Labute approximate surface area is 128 Å². The SMILES string of the molecule is CC(C)(C)C1CCC(C#N)C(S(=O)c2ccccc2F)C1. The highest BCUT2D eigenvalue weighted by atomic mass is 32.2. The van der Waals surface area contributed by atoms with E-state index in [1.54, 1.807) is 18.2 Å². The first-order chi connectivity index (χ1) is 9.84. The van der Waals surface area contributed by atoms with Crippen LogP contribution in [0.4, 0.5) is 4.39 Å². The van der Waals surface area contributed by atoms with Gasteiger partial charge in [-0.1, -0.05) is 32.9 Å². The largest absolute Gasteiger partial charge is 0.254 e. The highest BCUT2D eigenvalue weighted by Gasteiger charge is 2.39. The lowest BCUT2D eigenvalue weighted by atomic mass is 9.70. The van der Waals surface area contributed by atoms with E-state index in [2.05, 4.69) is 26.8 Å². The first-order valence-electron chi connectivity index (χ1n) is 7.39. The van der Waals surface area contributed by atoms with Crippen molar-refractivity contribution in [1.82, 2.24) is 0 Å². The molecular weight excluding hydrogens is 285 g/mol. The molecule has 0 aliphatic heterocycles. The Kier molecular flexibility index (Phi) is 4.83. The van der Waals surface area contributed by atoms with Gasteiger partial charge in [-0.05, 0) is 42.7 Å². The Morgan fingerprint density at radius 1 is 1.29 bits per heavy atom. The predicted molar refractivity (Wildman–Crippen MR) is 82.5 cm³/mol. The number of nitriles is 1. The molecule has 4 heteroatoms. The van der Waals surface area contributed by atoms with Crippen LogP contribution in [0.25, 0.3) is 0 Å². The van der Waals surface area contributed by atoms with Gasteiger partial charge in [0.05, 0.1) is 32.9 Å². The average Bonchev–Trinajstić information content (AvgIpc) is 2.45. The Bertz CT molecular complexity index is 573. The topological polar surface area (TPSA) is 40.9 Å². The van der Waals surface area contributed by atoms with Gasteiger partial charge in [0, 0.05) is 0 Å². The van der Waals surface area contributed by atoms with Gasteiger partial charge in [0.2, 0.25) is 0 Å². The number of hydrogen-bond acceptors (Lipinski definition) is 2. The summed E-state index contributed by atoms with van der Waals surface area (Å²) in [5.74, 6) is -0.266. The zero-order valence-corrected chi connectivity index (χ0v) is 13.6. The van der Waals surface area contributed by atoms with E-state index in [1.165, 1.54) is 6.07 Å². The molecule has 0 heterocycles. The highest BCUT2D eigenvalue weighted by molar-refractivity contribution is 7.85. The summed E-state index contributed by atoms with van der Waals surface area (Å²) in [4.78, 5) is 0.234. The van der Waals surface area contributed by atoms with Gasteiger partial charge < -0.3 is 0 Å². The minimum Gasteiger partial charge on any atom is -0.254 e. The lowest BCUT2D eigenvalue weighted by Gasteiger charge is -2.39. The van der Waals surface area contributed by atoms with E-state index < -0.39 is 16.6 Å². The molecule has 0 spiro atoms. The molecule has 0 saturated heterocycles. The molecule has 1 aromatic rings. The van der Waals surface area contributed by atoms with Crippen LogP contribution < -0.4 is 0 Å². The summed E-state index contributed by atoms with van der Waals surface area (Å²) in [6.07, 6.45) is 2.46.